The minimum absolute atomic E-state index is 0.00905. The van der Waals surface area contributed by atoms with Crippen LogP contribution in [0.25, 0.3) is 0 Å². The van der Waals surface area contributed by atoms with E-state index in [0.717, 1.165) is 11.1 Å². The lowest BCUT2D eigenvalue weighted by Crippen LogP contribution is -2.35. The molecule has 0 saturated carbocycles. The molecule has 7 heteroatoms. The first kappa shape index (κ1) is 22.0. The number of ether oxygens (including phenoxy) is 2. The summed E-state index contributed by atoms with van der Waals surface area (Å²) in [7, 11) is 3.19. The van der Waals surface area contributed by atoms with E-state index < -0.39 is 0 Å². The Labute approximate surface area is 182 Å². The van der Waals surface area contributed by atoms with E-state index in [1.807, 2.05) is 37.3 Å². The van der Waals surface area contributed by atoms with Gasteiger partial charge in [0.05, 0.1) is 26.2 Å². The zero-order valence-corrected chi connectivity index (χ0v) is 18.2. The van der Waals surface area contributed by atoms with Crippen molar-refractivity contribution in [1.29, 1.82) is 0 Å². The number of carbonyl (C=O) groups is 2. The van der Waals surface area contributed by atoms with E-state index in [0.29, 0.717) is 36.0 Å². The van der Waals surface area contributed by atoms with Crippen LogP contribution in [0.1, 0.15) is 30.5 Å². The number of nitrogens with zero attached hydrogens (tertiary/aromatic N) is 1. The topological polar surface area (TPSA) is 67.9 Å². The summed E-state index contributed by atoms with van der Waals surface area (Å²) in [6.45, 7) is 2.92. The number of nitrogens with one attached hydrogen (secondary N) is 1. The zero-order chi connectivity index (χ0) is 21.7. The van der Waals surface area contributed by atoms with Crippen molar-refractivity contribution in [2.75, 3.05) is 27.3 Å². The molecule has 1 N–H and O–H groups in total. The van der Waals surface area contributed by atoms with Gasteiger partial charge in [-0.15, -0.1) is 0 Å². The lowest BCUT2D eigenvalue weighted by Gasteiger charge is -2.19. The largest absolute Gasteiger partial charge is 0.493 e. The Kier molecular flexibility index (Phi) is 7.21. The van der Waals surface area contributed by atoms with Gasteiger partial charge in [-0.1, -0.05) is 29.8 Å². The SMILES string of the molecule is COc1ccc(CCN2CC(C(=O)NC(C)c3ccc(Cl)cc3)CC2=O)cc1OC. The van der Waals surface area contributed by atoms with E-state index in [1.54, 1.807) is 31.3 Å². The molecule has 160 valence electrons. The zero-order valence-electron chi connectivity index (χ0n) is 17.5. The first-order chi connectivity index (χ1) is 14.4. The Morgan fingerprint density at radius 1 is 1.17 bits per heavy atom. The van der Waals surface area contributed by atoms with Gasteiger partial charge in [0, 0.05) is 24.5 Å². The van der Waals surface area contributed by atoms with Crippen molar-refractivity contribution in [3.63, 3.8) is 0 Å². The second-order valence-corrected chi connectivity index (χ2v) is 7.90. The lowest BCUT2D eigenvalue weighted by atomic mass is 10.1. The molecule has 2 amide bonds. The molecule has 0 aromatic heterocycles. The van der Waals surface area contributed by atoms with Crippen molar-refractivity contribution >= 4 is 23.4 Å². The molecular formula is C23H27ClN2O4. The number of hydrogen-bond donors (Lipinski definition) is 1. The minimum Gasteiger partial charge on any atom is -0.493 e. The number of rotatable bonds is 8. The Morgan fingerprint density at radius 3 is 2.53 bits per heavy atom. The maximum Gasteiger partial charge on any atom is 0.225 e. The van der Waals surface area contributed by atoms with E-state index in [9.17, 15) is 9.59 Å². The van der Waals surface area contributed by atoms with Gasteiger partial charge in [-0.05, 0) is 48.7 Å². The first-order valence-corrected chi connectivity index (χ1v) is 10.3. The van der Waals surface area contributed by atoms with Crippen LogP contribution in [0.3, 0.4) is 0 Å². The van der Waals surface area contributed by atoms with Crippen LogP contribution >= 0.6 is 11.6 Å². The van der Waals surface area contributed by atoms with Gasteiger partial charge in [-0.2, -0.15) is 0 Å². The van der Waals surface area contributed by atoms with Crippen molar-refractivity contribution in [2.24, 2.45) is 5.92 Å². The number of likely N-dealkylation sites (tertiary alicyclic amines) is 1. The fourth-order valence-corrected chi connectivity index (χ4v) is 3.76. The molecule has 2 atom stereocenters. The predicted octanol–water partition coefficient (Wildman–Crippen LogP) is 3.63. The molecule has 1 heterocycles. The molecule has 0 aliphatic carbocycles. The van der Waals surface area contributed by atoms with Crippen LogP contribution < -0.4 is 14.8 Å². The van der Waals surface area contributed by atoms with Gasteiger partial charge < -0.3 is 19.7 Å². The van der Waals surface area contributed by atoms with Gasteiger partial charge >= 0.3 is 0 Å². The van der Waals surface area contributed by atoms with Crippen LogP contribution in [0.5, 0.6) is 11.5 Å². The molecule has 2 aromatic carbocycles. The maximum atomic E-state index is 12.7. The number of benzene rings is 2. The number of hydrogen-bond acceptors (Lipinski definition) is 4. The second-order valence-electron chi connectivity index (χ2n) is 7.46. The summed E-state index contributed by atoms with van der Waals surface area (Å²) in [5.74, 6) is 0.910. The summed E-state index contributed by atoms with van der Waals surface area (Å²) in [4.78, 5) is 26.8. The molecule has 1 aliphatic rings. The van der Waals surface area contributed by atoms with E-state index >= 15 is 0 Å². The van der Waals surface area contributed by atoms with Crippen molar-refractivity contribution < 1.29 is 19.1 Å². The first-order valence-electron chi connectivity index (χ1n) is 9.95. The number of carbonyl (C=O) groups excluding carboxylic acids is 2. The second kappa shape index (κ2) is 9.85. The highest BCUT2D eigenvalue weighted by Gasteiger charge is 2.34. The van der Waals surface area contributed by atoms with E-state index in [4.69, 9.17) is 21.1 Å². The number of halogens is 1. The van der Waals surface area contributed by atoms with Crippen LogP contribution in [0, 0.1) is 5.92 Å². The third-order valence-corrected chi connectivity index (χ3v) is 5.68. The molecule has 1 saturated heterocycles. The van der Waals surface area contributed by atoms with Crippen molar-refractivity contribution in [3.8, 4) is 11.5 Å². The summed E-state index contributed by atoms with van der Waals surface area (Å²) in [6.07, 6.45) is 0.923. The number of amides is 2. The van der Waals surface area contributed by atoms with Gasteiger partial charge in [0.1, 0.15) is 0 Å². The average molecular weight is 431 g/mol. The molecule has 0 radical (unpaired) electrons. The van der Waals surface area contributed by atoms with Crippen LogP contribution in [-0.4, -0.2) is 44.0 Å². The highest BCUT2D eigenvalue weighted by Crippen LogP contribution is 2.28. The molecule has 1 aliphatic heterocycles. The molecule has 1 fully saturated rings. The molecule has 0 spiro atoms. The third-order valence-electron chi connectivity index (χ3n) is 5.43. The highest BCUT2D eigenvalue weighted by atomic mass is 35.5. The minimum atomic E-state index is -0.336. The highest BCUT2D eigenvalue weighted by molar-refractivity contribution is 6.30. The molecule has 2 aromatic rings. The van der Waals surface area contributed by atoms with Crippen molar-refractivity contribution in [1.82, 2.24) is 10.2 Å². The van der Waals surface area contributed by atoms with Crippen LogP contribution in [0.15, 0.2) is 42.5 Å². The molecule has 2 unspecified atom stereocenters. The average Bonchev–Trinajstić information content (AvgIpc) is 3.13. The van der Waals surface area contributed by atoms with Crippen molar-refractivity contribution in [3.05, 3.63) is 58.6 Å². The molecule has 3 rings (SSSR count). The Hall–Kier alpha value is -2.73. The molecular weight excluding hydrogens is 404 g/mol. The van der Waals surface area contributed by atoms with E-state index in [1.165, 1.54) is 0 Å². The van der Waals surface area contributed by atoms with E-state index in [2.05, 4.69) is 5.32 Å². The summed E-state index contributed by atoms with van der Waals surface area (Å²) in [5.41, 5.74) is 2.02. The lowest BCUT2D eigenvalue weighted by molar-refractivity contribution is -0.129. The summed E-state index contributed by atoms with van der Waals surface area (Å²) < 4.78 is 10.6. The Balaban J connectivity index is 1.54. The summed E-state index contributed by atoms with van der Waals surface area (Å²) in [5, 5.41) is 3.67. The number of methoxy groups -OCH3 is 2. The maximum absolute atomic E-state index is 12.7. The van der Waals surface area contributed by atoms with Crippen LogP contribution in [0.4, 0.5) is 0 Å². The fraction of sp³-hybridized carbons (Fsp3) is 0.391. The van der Waals surface area contributed by atoms with Crippen LogP contribution in [-0.2, 0) is 16.0 Å². The Morgan fingerprint density at radius 2 is 1.87 bits per heavy atom. The quantitative estimate of drug-likeness (QED) is 0.694. The van der Waals surface area contributed by atoms with Crippen molar-refractivity contribution in [2.45, 2.75) is 25.8 Å². The summed E-state index contributed by atoms with van der Waals surface area (Å²) in [6, 6.07) is 13.0. The summed E-state index contributed by atoms with van der Waals surface area (Å²) >= 11 is 5.92. The van der Waals surface area contributed by atoms with Gasteiger partial charge in [-0.25, -0.2) is 0 Å². The molecule has 6 nitrogen and oxygen atoms in total. The van der Waals surface area contributed by atoms with E-state index in [-0.39, 0.29) is 30.2 Å². The van der Waals surface area contributed by atoms with Gasteiger partial charge in [-0.3, -0.25) is 9.59 Å². The standard InChI is InChI=1S/C23H27ClN2O4/c1-15(17-5-7-19(24)8-6-17)25-23(28)18-13-22(27)26(14-18)11-10-16-4-9-20(29-2)21(12-16)30-3/h4-9,12,15,18H,10-11,13-14H2,1-3H3,(H,25,28). The van der Waals surface area contributed by atoms with Crippen LogP contribution in [0.2, 0.25) is 5.02 Å². The molecule has 0 bridgehead atoms. The Bertz CT molecular complexity index is 901. The third kappa shape index (κ3) is 5.25. The van der Waals surface area contributed by atoms with Gasteiger partial charge in [0.15, 0.2) is 11.5 Å². The normalized spacial score (nSPS) is 17.0. The fourth-order valence-electron chi connectivity index (χ4n) is 3.63. The molecule has 30 heavy (non-hydrogen) atoms. The van der Waals surface area contributed by atoms with Gasteiger partial charge in [0.25, 0.3) is 0 Å². The monoisotopic (exact) mass is 430 g/mol. The van der Waals surface area contributed by atoms with Gasteiger partial charge in [0.2, 0.25) is 11.8 Å². The predicted molar refractivity (Wildman–Crippen MR) is 116 cm³/mol. The smallest absolute Gasteiger partial charge is 0.225 e.